The number of carbonyl (C=O) groups is 1. The Labute approximate surface area is 193 Å². The van der Waals surface area contributed by atoms with Crippen molar-refractivity contribution in [3.63, 3.8) is 0 Å². The Morgan fingerprint density at radius 2 is 1.91 bits per heavy atom. The summed E-state index contributed by atoms with van der Waals surface area (Å²) in [6, 6.07) is 9.14. The summed E-state index contributed by atoms with van der Waals surface area (Å²) in [5.74, 6) is 0.781. The molecule has 2 aromatic rings. The molecule has 0 bridgehead atoms. The zero-order valence-electron chi connectivity index (χ0n) is 19.7. The van der Waals surface area contributed by atoms with Crippen LogP contribution in [0.3, 0.4) is 0 Å². The van der Waals surface area contributed by atoms with E-state index in [1.54, 1.807) is 17.0 Å². The van der Waals surface area contributed by atoms with Crippen molar-refractivity contribution in [2.45, 2.75) is 57.9 Å². The number of likely N-dealkylation sites (tertiary alicyclic amines) is 1. The summed E-state index contributed by atoms with van der Waals surface area (Å²) in [6.45, 7) is 6.55. The van der Waals surface area contributed by atoms with E-state index in [4.69, 9.17) is 0 Å². The third kappa shape index (κ3) is 6.10. The lowest BCUT2D eigenvalue weighted by Crippen LogP contribution is -2.44. The van der Waals surface area contributed by atoms with Crippen LogP contribution in [-0.2, 0) is 18.3 Å². The van der Waals surface area contributed by atoms with Gasteiger partial charge in [0.2, 0.25) is 5.91 Å². The van der Waals surface area contributed by atoms with Gasteiger partial charge in [0.15, 0.2) is 0 Å². The summed E-state index contributed by atoms with van der Waals surface area (Å²) in [5, 5.41) is 4.19. The van der Waals surface area contributed by atoms with Gasteiger partial charge in [-0.15, -0.1) is 0 Å². The molecule has 172 valence electrons. The van der Waals surface area contributed by atoms with Crippen molar-refractivity contribution in [2.24, 2.45) is 13.0 Å². The largest absolute Gasteiger partial charge is 0.336 e. The molecule has 1 aliphatic carbocycles. The highest BCUT2D eigenvalue weighted by molar-refractivity contribution is 5.92. The number of aryl methyl sites for hydroxylation is 2. The molecule has 5 heteroatoms. The fraction of sp³-hybridized carbons (Fsp3) is 0.556. The van der Waals surface area contributed by atoms with Crippen LogP contribution < -0.4 is 0 Å². The van der Waals surface area contributed by atoms with Gasteiger partial charge in [-0.2, -0.15) is 5.10 Å². The zero-order chi connectivity index (χ0) is 22.3. The first-order valence-corrected chi connectivity index (χ1v) is 12.3. The van der Waals surface area contributed by atoms with Gasteiger partial charge in [-0.05, 0) is 75.2 Å². The minimum Gasteiger partial charge on any atom is -0.336 e. The summed E-state index contributed by atoms with van der Waals surface area (Å²) < 4.78 is 1.77. The van der Waals surface area contributed by atoms with Gasteiger partial charge in [0.05, 0.1) is 6.20 Å². The van der Waals surface area contributed by atoms with Crippen molar-refractivity contribution in [2.75, 3.05) is 26.2 Å². The number of rotatable bonds is 8. The normalized spacial score (nSPS) is 18.6. The molecule has 0 N–H and O–H groups in total. The number of hydrogen-bond acceptors (Lipinski definition) is 3. The fourth-order valence-corrected chi connectivity index (χ4v) is 5.26. The van der Waals surface area contributed by atoms with Crippen molar-refractivity contribution in [1.82, 2.24) is 19.6 Å². The molecule has 1 aliphatic heterocycles. The molecule has 0 unspecified atom stereocenters. The predicted octanol–water partition coefficient (Wildman–Crippen LogP) is 4.47. The van der Waals surface area contributed by atoms with Gasteiger partial charge in [0.25, 0.3) is 0 Å². The summed E-state index contributed by atoms with van der Waals surface area (Å²) in [5.41, 5.74) is 3.84. The summed E-state index contributed by atoms with van der Waals surface area (Å²) >= 11 is 0. The lowest BCUT2D eigenvalue weighted by Gasteiger charge is -2.37. The van der Waals surface area contributed by atoms with E-state index in [9.17, 15) is 4.79 Å². The van der Waals surface area contributed by atoms with Crippen LogP contribution in [0.15, 0.2) is 42.7 Å². The first-order valence-electron chi connectivity index (χ1n) is 12.3. The molecule has 0 spiro atoms. The second kappa shape index (κ2) is 11.0. The number of carbonyl (C=O) groups excluding carboxylic acids is 1. The standard InChI is InChI=1S/C27H38N4O/c1-22-7-3-4-8-25(22)15-18-30-16-13-23(14-17-30)21-31(26-9-5-6-10-26)27(32)12-11-24-19-28-29(2)20-24/h3-4,7-8,11-12,19-20,23,26H,5-6,9-10,13-18,21H2,1-2H3/b12-11+. The molecular weight excluding hydrogens is 396 g/mol. The maximum atomic E-state index is 13.1. The highest BCUT2D eigenvalue weighted by Crippen LogP contribution is 2.27. The number of amides is 1. The first kappa shape index (κ1) is 22.8. The Balaban J connectivity index is 1.29. The monoisotopic (exact) mass is 434 g/mol. The molecule has 1 aromatic heterocycles. The number of hydrogen-bond donors (Lipinski definition) is 0. The highest BCUT2D eigenvalue weighted by Gasteiger charge is 2.29. The van der Waals surface area contributed by atoms with Gasteiger partial charge in [-0.1, -0.05) is 37.1 Å². The molecule has 5 nitrogen and oxygen atoms in total. The molecule has 0 radical (unpaired) electrons. The summed E-state index contributed by atoms with van der Waals surface area (Å²) in [4.78, 5) is 17.9. The van der Waals surface area contributed by atoms with Gasteiger partial charge < -0.3 is 9.80 Å². The Morgan fingerprint density at radius 3 is 2.59 bits per heavy atom. The second-order valence-corrected chi connectivity index (χ2v) is 9.67. The molecule has 32 heavy (non-hydrogen) atoms. The fourth-order valence-electron chi connectivity index (χ4n) is 5.26. The number of piperidine rings is 1. The lowest BCUT2D eigenvalue weighted by molar-refractivity contribution is -0.129. The van der Waals surface area contributed by atoms with Crippen molar-refractivity contribution in [1.29, 1.82) is 0 Å². The van der Waals surface area contributed by atoms with Crippen LogP contribution in [0.4, 0.5) is 0 Å². The topological polar surface area (TPSA) is 41.4 Å². The molecule has 1 aromatic carbocycles. The lowest BCUT2D eigenvalue weighted by atomic mass is 9.94. The molecule has 2 aliphatic rings. The zero-order valence-corrected chi connectivity index (χ0v) is 19.7. The average Bonchev–Trinajstić information content (AvgIpc) is 3.48. The van der Waals surface area contributed by atoms with Crippen molar-refractivity contribution in [3.05, 3.63) is 59.4 Å². The van der Waals surface area contributed by atoms with Crippen LogP contribution >= 0.6 is 0 Å². The number of benzene rings is 1. The molecule has 1 saturated heterocycles. The van der Waals surface area contributed by atoms with E-state index in [1.165, 1.54) is 36.8 Å². The third-order valence-corrected chi connectivity index (χ3v) is 7.31. The molecular formula is C27H38N4O. The maximum Gasteiger partial charge on any atom is 0.246 e. The number of aromatic nitrogens is 2. The van der Waals surface area contributed by atoms with E-state index in [0.29, 0.717) is 12.0 Å². The molecule has 2 fully saturated rings. The van der Waals surface area contributed by atoms with Crippen LogP contribution in [0.25, 0.3) is 6.08 Å². The molecule has 2 heterocycles. The predicted molar refractivity (Wildman–Crippen MR) is 130 cm³/mol. The van der Waals surface area contributed by atoms with Gasteiger partial charge in [0.1, 0.15) is 0 Å². The number of nitrogens with zero attached hydrogens (tertiary/aromatic N) is 4. The molecule has 1 saturated carbocycles. The van der Waals surface area contributed by atoms with E-state index < -0.39 is 0 Å². The van der Waals surface area contributed by atoms with E-state index in [-0.39, 0.29) is 5.91 Å². The van der Waals surface area contributed by atoms with E-state index in [2.05, 4.69) is 46.1 Å². The minimum atomic E-state index is 0.169. The maximum absolute atomic E-state index is 13.1. The van der Waals surface area contributed by atoms with Crippen LogP contribution in [0, 0.1) is 12.8 Å². The smallest absolute Gasteiger partial charge is 0.246 e. The quantitative estimate of drug-likeness (QED) is 0.576. The SMILES string of the molecule is Cc1ccccc1CCN1CCC(CN(C(=O)/C=C/c2cnn(C)c2)C2CCCC2)CC1. The molecule has 4 rings (SSSR count). The van der Waals surface area contributed by atoms with Crippen LogP contribution in [-0.4, -0.2) is 57.7 Å². The van der Waals surface area contributed by atoms with Crippen LogP contribution in [0.5, 0.6) is 0 Å². The van der Waals surface area contributed by atoms with Crippen LogP contribution in [0.1, 0.15) is 55.2 Å². The van der Waals surface area contributed by atoms with Gasteiger partial charge in [-0.3, -0.25) is 9.48 Å². The van der Waals surface area contributed by atoms with Gasteiger partial charge >= 0.3 is 0 Å². The van der Waals surface area contributed by atoms with E-state index in [1.807, 2.05) is 19.3 Å². The molecule has 0 atom stereocenters. The minimum absolute atomic E-state index is 0.169. The Bertz CT molecular complexity index is 904. The molecule has 1 amide bonds. The highest BCUT2D eigenvalue weighted by atomic mass is 16.2. The average molecular weight is 435 g/mol. The Hall–Kier alpha value is -2.40. The van der Waals surface area contributed by atoms with E-state index in [0.717, 1.165) is 51.0 Å². The van der Waals surface area contributed by atoms with Crippen molar-refractivity contribution in [3.8, 4) is 0 Å². The third-order valence-electron chi connectivity index (χ3n) is 7.31. The van der Waals surface area contributed by atoms with Crippen LogP contribution in [0.2, 0.25) is 0 Å². The van der Waals surface area contributed by atoms with Gasteiger partial charge in [-0.25, -0.2) is 0 Å². The summed E-state index contributed by atoms with van der Waals surface area (Å²) in [7, 11) is 1.90. The Kier molecular flexibility index (Phi) is 7.80. The van der Waals surface area contributed by atoms with Gasteiger partial charge in [0, 0.05) is 44.0 Å². The second-order valence-electron chi connectivity index (χ2n) is 9.67. The van der Waals surface area contributed by atoms with Crippen molar-refractivity contribution < 1.29 is 4.79 Å². The van der Waals surface area contributed by atoms with E-state index >= 15 is 0 Å². The summed E-state index contributed by atoms with van der Waals surface area (Å²) in [6.07, 6.45) is 15.7. The first-order chi connectivity index (χ1) is 15.6. The Morgan fingerprint density at radius 1 is 1.16 bits per heavy atom. The van der Waals surface area contributed by atoms with Crippen molar-refractivity contribution >= 4 is 12.0 Å².